The molecule has 0 saturated carbocycles. The van der Waals surface area contributed by atoms with Crippen LogP contribution in [0, 0.1) is 0 Å². The summed E-state index contributed by atoms with van der Waals surface area (Å²) in [7, 11) is -1.52. The van der Waals surface area contributed by atoms with Crippen LogP contribution < -0.4 is 15.7 Å². The molecule has 2 aliphatic heterocycles. The molecule has 0 atom stereocenters. The van der Waals surface area contributed by atoms with Crippen molar-refractivity contribution in [3.05, 3.63) is 155 Å². The SMILES string of the molecule is OB(O)c1ccc2c(c1)-c1ccccc1B1C=CC3=C(c4ccccc4C34c3ccccc3-c3ccccc34)N12. The lowest BCUT2D eigenvalue weighted by molar-refractivity contribution is 0.426. The van der Waals surface area contributed by atoms with Gasteiger partial charge in [-0.2, -0.15) is 0 Å². The van der Waals surface area contributed by atoms with Gasteiger partial charge in [0.1, 0.15) is 0 Å². The van der Waals surface area contributed by atoms with E-state index in [-0.39, 0.29) is 6.85 Å². The zero-order valence-corrected chi connectivity index (χ0v) is 21.6. The van der Waals surface area contributed by atoms with E-state index in [9.17, 15) is 10.0 Å². The van der Waals surface area contributed by atoms with Gasteiger partial charge >= 0.3 is 14.0 Å². The van der Waals surface area contributed by atoms with E-state index < -0.39 is 12.5 Å². The Morgan fingerprint density at radius 1 is 0.600 bits per heavy atom. The third kappa shape index (κ3) is 2.55. The van der Waals surface area contributed by atoms with Crippen LogP contribution in [0.5, 0.6) is 0 Å². The number of allylic oxidation sites excluding steroid dienone is 2. The van der Waals surface area contributed by atoms with Gasteiger partial charge in [0.25, 0.3) is 0 Å². The average Bonchev–Trinajstić information content (AvgIpc) is 3.48. The van der Waals surface area contributed by atoms with E-state index in [1.54, 1.807) is 0 Å². The predicted octanol–water partition coefficient (Wildman–Crippen LogP) is 4.90. The van der Waals surface area contributed by atoms with E-state index >= 15 is 0 Å². The van der Waals surface area contributed by atoms with E-state index in [0.29, 0.717) is 5.46 Å². The molecule has 9 rings (SSSR count). The second-order valence-corrected chi connectivity index (χ2v) is 11.1. The molecule has 5 heteroatoms. The van der Waals surface area contributed by atoms with Crippen molar-refractivity contribution in [1.82, 2.24) is 0 Å². The molecule has 40 heavy (non-hydrogen) atoms. The van der Waals surface area contributed by atoms with E-state index in [1.165, 1.54) is 50.1 Å². The van der Waals surface area contributed by atoms with Crippen LogP contribution in [-0.4, -0.2) is 24.0 Å². The van der Waals surface area contributed by atoms with Crippen LogP contribution in [0.25, 0.3) is 28.0 Å². The number of hydrogen-bond acceptors (Lipinski definition) is 3. The van der Waals surface area contributed by atoms with Crippen LogP contribution in [0.15, 0.2) is 133 Å². The number of nitrogens with zero attached hydrogens (tertiary/aromatic N) is 1. The van der Waals surface area contributed by atoms with Gasteiger partial charge in [-0.15, -0.1) is 0 Å². The predicted molar refractivity (Wildman–Crippen MR) is 164 cm³/mol. The molecular weight excluding hydrogens is 488 g/mol. The van der Waals surface area contributed by atoms with Gasteiger partial charge in [-0.1, -0.05) is 121 Å². The molecule has 5 aromatic carbocycles. The Hall–Kier alpha value is -4.57. The topological polar surface area (TPSA) is 43.7 Å². The largest absolute Gasteiger partial charge is 0.488 e. The van der Waals surface area contributed by atoms with E-state index in [1.807, 2.05) is 12.1 Å². The van der Waals surface area contributed by atoms with Crippen molar-refractivity contribution in [2.24, 2.45) is 0 Å². The van der Waals surface area contributed by atoms with Crippen molar-refractivity contribution < 1.29 is 10.0 Å². The summed E-state index contributed by atoms with van der Waals surface area (Å²) in [5.41, 5.74) is 14.9. The highest BCUT2D eigenvalue weighted by atomic mass is 16.4. The first-order chi connectivity index (χ1) is 19.7. The molecular formula is C35H23B2NO2. The number of fused-ring (bicyclic) bond motifs is 16. The van der Waals surface area contributed by atoms with Crippen molar-refractivity contribution in [2.45, 2.75) is 5.41 Å². The van der Waals surface area contributed by atoms with Gasteiger partial charge in [0, 0.05) is 22.5 Å². The molecule has 1 spiro atoms. The Balaban J connectivity index is 1.40. The van der Waals surface area contributed by atoms with Gasteiger partial charge in [-0.25, -0.2) is 0 Å². The molecule has 0 bridgehead atoms. The third-order valence-corrected chi connectivity index (χ3v) is 9.31. The van der Waals surface area contributed by atoms with Gasteiger partial charge in [0.15, 0.2) is 0 Å². The fourth-order valence-corrected chi connectivity index (χ4v) is 7.83. The fourth-order valence-electron chi connectivity index (χ4n) is 7.83. The molecule has 0 amide bonds. The van der Waals surface area contributed by atoms with Gasteiger partial charge in [0.2, 0.25) is 0 Å². The van der Waals surface area contributed by atoms with E-state index in [4.69, 9.17) is 0 Å². The number of benzene rings is 5. The molecule has 0 unspecified atom stereocenters. The fraction of sp³-hybridized carbons (Fsp3) is 0.0286. The highest BCUT2D eigenvalue weighted by Crippen LogP contribution is 2.63. The van der Waals surface area contributed by atoms with Crippen molar-refractivity contribution in [2.75, 3.05) is 4.81 Å². The molecule has 186 valence electrons. The van der Waals surface area contributed by atoms with Crippen LogP contribution in [0.3, 0.4) is 0 Å². The number of anilines is 1. The Morgan fingerprint density at radius 3 is 1.85 bits per heavy atom. The minimum absolute atomic E-state index is 0.0300. The third-order valence-electron chi connectivity index (χ3n) is 9.31. The normalized spacial score (nSPS) is 16.1. The van der Waals surface area contributed by atoms with Crippen molar-refractivity contribution in [1.29, 1.82) is 0 Å². The summed E-state index contributed by atoms with van der Waals surface area (Å²) in [5, 5.41) is 20.1. The molecule has 2 heterocycles. The summed E-state index contributed by atoms with van der Waals surface area (Å²) in [6, 6.07) is 40.9. The number of rotatable bonds is 1. The van der Waals surface area contributed by atoms with Gasteiger partial charge in [0.05, 0.1) is 5.41 Å². The van der Waals surface area contributed by atoms with Crippen molar-refractivity contribution >= 4 is 36.3 Å². The van der Waals surface area contributed by atoms with Gasteiger partial charge in [-0.3, -0.25) is 0 Å². The maximum Gasteiger partial charge on any atom is 0.488 e. The van der Waals surface area contributed by atoms with Crippen LogP contribution in [0.2, 0.25) is 0 Å². The Labute approximate surface area is 233 Å². The first-order valence-electron chi connectivity index (χ1n) is 13.8. The molecule has 0 aromatic heterocycles. The zero-order valence-electron chi connectivity index (χ0n) is 21.6. The molecule has 4 aliphatic rings. The van der Waals surface area contributed by atoms with Crippen LogP contribution in [-0.2, 0) is 5.41 Å². The second-order valence-electron chi connectivity index (χ2n) is 11.1. The highest BCUT2D eigenvalue weighted by molar-refractivity contribution is 6.85. The van der Waals surface area contributed by atoms with Crippen molar-refractivity contribution in [3.63, 3.8) is 0 Å². The number of hydrogen-bond donors (Lipinski definition) is 2. The highest BCUT2D eigenvalue weighted by Gasteiger charge is 2.55. The second kappa shape index (κ2) is 7.76. The van der Waals surface area contributed by atoms with E-state index in [2.05, 4.69) is 120 Å². The van der Waals surface area contributed by atoms with Gasteiger partial charge < -0.3 is 14.9 Å². The van der Waals surface area contributed by atoms with Crippen LogP contribution in [0.4, 0.5) is 5.69 Å². The Bertz CT molecular complexity index is 1930. The molecule has 2 aliphatic carbocycles. The average molecular weight is 511 g/mol. The van der Waals surface area contributed by atoms with Crippen LogP contribution in [0.1, 0.15) is 22.3 Å². The maximum absolute atomic E-state index is 10.0. The minimum Gasteiger partial charge on any atom is -0.423 e. The summed E-state index contributed by atoms with van der Waals surface area (Å²) in [5.74, 6) is 2.35. The lowest BCUT2D eigenvalue weighted by Crippen LogP contribution is -2.51. The maximum atomic E-state index is 10.0. The summed E-state index contributed by atoms with van der Waals surface area (Å²) < 4.78 is 0. The summed E-state index contributed by atoms with van der Waals surface area (Å²) >= 11 is 0. The molecule has 0 fully saturated rings. The quantitative estimate of drug-likeness (QED) is 0.315. The Kier molecular flexibility index (Phi) is 4.32. The summed E-state index contributed by atoms with van der Waals surface area (Å²) in [4.78, 5) is 2.48. The van der Waals surface area contributed by atoms with Crippen molar-refractivity contribution in [3.8, 4) is 22.3 Å². The molecule has 0 saturated heterocycles. The zero-order chi connectivity index (χ0) is 26.6. The molecule has 0 radical (unpaired) electrons. The van der Waals surface area contributed by atoms with Gasteiger partial charge in [-0.05, 0) is 55.9 Å². The summed E-state index contributed by atoms with van der Waals surface area (Å²) in [6.45, 7) is 0.0300. The monoisotopic (exact) mass is 511 g/mol. The molecule has 2 N–H and O–H groups in total. The first-order valence-corrected chi connectivity index (χ1v) is 13.8. The first kappa shape index (κ1) is 22.3. The molecule has 5 aromatic rings. The lowest BCUT2D eigenvalue weighted by atomic mass is 9.48. The lowest BCUT2D eigenvalue weighted by Gasteiger charge is -2.42. The minimum atomic E-state index is -1.52. The standard InChI is InChI=1S/C35H23B2NO2/c39-37(40)22-17-18-33-27(21-22)25-11-4-8-16-32(25)36-20-19-31-34(38(33)36)26-12-3-7-15-30(26)35(31)28-13-5-1-9-23(28)24-10-2-6-14-29(24)35/h1-21,39-40H. The van der Waals surface area contributed by atoms with Crippen LogP contribution >= 0.6 is 0 Å². The Morgan fingerprint density at radius 2 is 1.18 bits per heavy atom. The van der Waals surface area contributed by atoms with E-state index in [0.717, 1.165) is 16.8 Å². The molecule has 3 nitrogen and oxygen atoms in total. The summed E-state index contributed by atoms with van der Waals surface area (Å²) in [6.07, 6.45) is 2.38. The smallest absolute Gasteiger partial charge is 0.423 e.